The predicted molar refractivity (Wildman–Crippen MR) is 92.7 cm³/mol. The molecule has 3 rings (SSSR count). The zero-order valence-corrected chi connectivity index (χ0v) is 14.1. The number of hydrogen-bond donors (Lipinski definition) is 2. The van der Waals surface area contributed by atoms with E-state index < -0.39 is 11.4 Å². The fourth-order valence-corrected chi connectivity index (χ4v) is 2.45. The summed E-state index contributed by atoms with van der Waals surface area (Å²) < 4.78 is 19.5. The third-order valence-corrected chi connectivity index (χ3v) is 3.75. The van der Waals surface area contributed by atoms with Crippen molar-refractivity contribution in [2.45, 2.75) is 12.1 Å². The first-order chi connectivity index (χ1) is 12.0. The highest BCUT2D eigenvalue weighted by Gasteiger charge is 2.11. The molecule has 25 heavy (non-hydrogen) atoms. The van der Waals surface area contributed by atoms with Crippen molar-refractivity contribution in [3.05, 3.63) is 46.6 Å². The van der Waals surface area contributed by atoms with E-state index in [4.69, 9.17) is 4.74 Å². The Labute approximate surface area is 145 Å². The summed E-state index contributed by atoms with van der Waals surface area (Å²) in [6.07, 6.45) is 3.37. The van der Waals surface area contributed by atoms with E-state index in [1.165, 1.54) is 36.9 Å². The highest BCUT2D eigenvalue weighted by atomic mass is 32.2. The molecule has 2 aromatic heterocycles. The molecule has 2 heterocycles. The summed E-state index contributed by atoms with van der Waals surface area (Å²) in [5.74, 6) is -1.25. The van der Waals surface area contributed by atoms with Crippen LogP contribution in [0.1, 0.15) is 6.92 Å². The SMILES string of the molecule is CSc1ncc2cc(Oc3ccc(NC(C)=O)cc3F)c(=O)[nH]c2n1. The molecule has 0 radical (unpaired) electrons. The van der Waals surface area contributed by atoms with Crippen molar-refractivity contribution in [1.29, 1.82) is 0 Å². The highest BCUT2D eigenvalue weighted by molar-refractivity contribution is 7.98. The molecular formula is C16H13FN4O3S. The minimum atomic E-state index is -0.709. The molecule has 7 nitrogen and oxygen atoms in total. The Morgan fingerprint density at radius 1 is 1.32 bits per heavy atom. The molecule has 128 valence electrons. The molecule has 0 spiro atoms. The number of nitrogens with one attached hydrogen (secondary N) is 2. The average Bonchev–Trinajstić information content (AvgIpc) is 2.56. The Hall–Kier alpha value is -2.94. The summed E-state index contributed by atoms with van der Waals surface area (Å²) in [6, 6.07) is 5.36. The van der Waals surface area contributed by atoms with E-state index in [0.717, 1.165) is 6.07 Å². The van der Waals surface area contributed by atoms with Crippen molar-refractivity contribution in [2.75, 3.05) is 11.6 Å². The summed E-state index contributed by atoms with van der Waals surface area (Å²) in [5.41, 5.74) is 0.129. The molecule has 3 aromatic rings. The topological polar surface area (TPSA) is 97.0 Å². The van der Waals surface area contributed by atoms with E-state index in [2.05, 4.69) is 20.3 Å². The number of ether oxygens (including phenoxy) is 1. The number of fused-ring (bicyclic) bond motifs is 1. The number of benzene rings is 1. The number of carbonyl (C=O) groups is 1. The monoisotopic (exact) mass is 360 g/mol. The van der Waals surface area contributed by atoms with Gasteiger partial charge in [0.05, 0.1) is 0 Å². The molecule has 1 aromatic carbocycles. The standard InChI is InChI=1S/C16H13FN4O3S/c1-8(22)19-10-3-4-12(11(17)6-10)24-13-5-9-7-18-16(25-2)21-14(9)20-15(13)23/h3-7H,1-2H3,(H,19,22)(H,18,20,21,23). The number of amides is 1. The van der Waals surface area contributed by atoms with Gasteiger partial charge in [-0.1, -0.05) is 11.8 Å². The minimum Gasteiger partial charge on any atom is -0.448 e. The van der Waals surface area contributed by atoms with E-state index in [9.17, 15) is 14.0 Å². The number of pyridine rings is 1. The van der Waals surface area contributed by atoms with Crippen molar-refractivity contribution in [2.24, 2.45) is 0 Å². The summed E-state index contributed by atoms with van der Waals surface area (Å²) in [5, 5.41) is 3.54. The molecule has 0 aliphatic heterocycles. The van der Waals surface area contributed by atoms with Gasteiger partial charge in [-0.15, -0.1) is 0 Å². The van der Waals surface area contributed by atoms with E-state index >= 15 is 0 Å². The van der Waals surface area contributed by atoms with Crippen LogP contribution >= 0.6 is 11.8 Å². The first-order valence-corrected chi connectivity index (χ1v) is 8.38. The van der Waals surface area contributed by atoms with Crippen LogP contribution in [0.15, 0.2) is 40.4 Å². The van der Waals surface area contributed by atoms with Crippen molar-refractivity contribution in [3.63, 3.8) is 0 Å². The Morgan fingerprint density at radius 3 is 2.80 bits per heavy atom. The van der Waals surface area contributed by atoms with Crippen molar-refractivity contribution in [3.8, 4) is 11.5 Å². The van der Waals surface area contributed by atoms with Crippen LogP contribution in [0.25, 0.3) is 11.0 Å². The zero-order chi connectivity index (χ0) is 18.0. The van der Waals surface area contributed by atoms with Gasteiger partial charge in [0.2, 0.25) is 5.91 Å². The van der Waals surface area contributed by atoms with Gasteiger partial charge < -0.3 is 15.0 Å². The molecule has 0 bridgehead atoms. The van der Waals surface area contributed by atoms with Crippen molar-refractivity contribution in [1.82, 2.24) is 15.0 Å². The molecule has 0 fully saturated rings. The van der Waals surface area contributed by atoms with E-state index in [-0.39, 0.29) is 17.4 Å². The molecule has 1 amide bonds. The lowest BCUT2D eigenvalue weighted by molar-refractivity contribution is -0.114. The maximum absolute atomic E-state index is 14.1. The number of thioether (sulfide) groups is 1. The fourth-order valence-electron chi connectivity index (χ4n) is 2.11. The second kappa shape index (κ2) is 6.89. The average molecular weight is 360 g/mol. The molecular weight excluding hydrogens is 347 g/mol. The van der Waals surface area contributed by atoms with Gasteiger partial charge in [0.1, 0.15) is 5.65 Å². The summed E-state index contributed by atoms with van der Waals surface area (Å²) in [7, 11) is 0. The molecule has 2 N–H and O–H groups in total. The number of anilines is 1. The number of hydrogen-bond acceptors (Lipinski definition) is 6. The number of H-pyrrole nitrogens is 1. The minimum absolute atomic E-state index is 0.0841. The zero-order valence-electron chi connectivity index (χ0n) is 13.3. The molecule has 0 saturated carbocycles. The smallest absolute Gasteiger partial charge is 0.292 e. The Balaban J connectivity index is 1.93. The fraction of sp³-hybridized carbons (Fsp3) is 0.125. The van der Waals surface area contributed by atoms with Gasteiger partial charge in [-0.2, -0.15) is 0 Å². The Kier molecular flexibility index (Phi) is 4.66. The van der Waals surface area contributed by atoms with Crippen LogP contribution in [0.3, 0.4) is 0 Å². The largest absolute Gasteiger partial charge is 0.448 e. The number of halogens is 1. The summed E-state index contributed by atoms with van der Waals surface area (Å²) in [6.45, 7) is 1.32. The first kappa shape index (κ1) is 16.9. The lowest BCUT2D eigenvalue weighted by atomic mass is 10.2. The van der Waals surface area contributed by atoms with Gasteiger partial charge in [-0.25, -0.2) is 14.4 Å². The summed E-state index contributed by atoms with van der Waals surface area (Å²) in [4.78, 5) is 34.0. The molecule has 0 unspecified atom stereocenters. The number of carbonyl (C=O) groups excluding carboxylic acids is 1. The first-order valence-electron chi connectivity index (χ1n) is 7.15. The van der Waals surface area contributed by atoms with Crippen LogP contribution < -0.4 is 15.6 Å². The van der Waals surface area contributed by atoms with Gasteiger partial charge in [0.15, 0.2) is 22.5 Å². The van der Waals surface area contributed by atoms with E-state index in [0.29, 0.717) is 21.9 Å². The molecule has 0 atom stereocenters. The predicted octanol–water partition coefficient (Wildman–Crippen LogP) is 2.93. The molecule has 0 aliphatic rings. The highest BCUT2D eigenvalue weighted by Crippen LogP contribution is 2.26. The Bertz CT molecular complexity index is 1020. The van der Waals surface area contributed by atoms with E-state index in [1.807, 2.05) is 6.26 Å². The number of aromatic amines is 1. The van der Waals surface area contributed by atoms with Crippen LogP contribution in [0.2, 0.25) is 0 Å². The number of nitrogens with zero attached hydrogens (tertiary/aromatic N) is 2. The van der Waals surface area contributed by atoms with Crippen LogP contribution in [-0.2, 0) is 4.79 Å². The lowest BCUT2D eigenvalue weighted by Gasteiger charge is -2.09. The molecule has 0 aliphatic carbocycles. The lowest BCUT2D eigenvalue weighted by Crippen LogP contribution is -2.10. The third-order valence-electron chi connectivity index (χ3n) is 3.19. The maximum atomic E-state index is 14.1. The van der Waals surface area contributed by atoms with Crippen LogP contribution in [-0.4, -0.2) is 27.1 Å². The maximum Gasteiger partial charge on any atom is 0.292 e. The molecule has 0 saturated heterocycles. The van der Waals surface area contributed by atoms with Gasteiger partial charge in [0, 0.05) is 30.3 Å². The second-order valence-corrected chi connectivity index (χ2v) is 5.83. The second-order valence-electron chi connectivity index (χ2n) is 5.05. The van der Waals surface area contributed by atoms with Crippen molar-refractivity contribution >= 4 is 34.4 Å². The van der Waals surface area contributed by atoms with Crippen molar-refractivity contribution < 1.29 is 13.9 Å². The molecule has 9 heteroatoms. The third kappa shape index (κ3) is 3.77. The normalized spacial score (nSPS) is 10.7. The van der Waals surface area contributed by atoms with Gasteiger partial charge >= 0.3 is 0 Å². The Morgan fingerprint density at radius 2 is 2.12 bits per heavy atom. The van der Waals surface area contributed by atoms with Crippen LogP contribution in [0.4, 0.5) is 10.1 Å². The van der Waals surface area contributed by atoms with Gasteiger partial charge in [-0.05, 0) is 24.5 Å². The van der Waals surface area contributed by atoms with Crippen LogP contribution in [0.5, 0.6) is 11.5 Å². The quantitative estimate of drug-likeness (QED) is 0.548. The summed E-state index contributed by atoms with van der Waals surface area (Å²) >= 11 is 1.35. The van der Waals surface area contributed by atoms with Gasteiger partial charge in [-0.3, -0.25) is 9.59 Å². The number of aromatic nitrogens is 3. The van der Waals surface area contributed by atoms with Gasteiger partial charge in [0.25, 0.3) is 5.56 Å². The van der Waals surface area contributed by atoms with Crippen LogP contribution in [0, 0.1) is 5.82 Å². The van der Waals surface area contributed by atoms with E-state index in [1.54, 1.807) is 6.20 Å². The number of rotatable bonds is 4.